The van der Waals surface area contributed by atoms with Crippen LogP contribution in [0.5, 0.6) is 0 Å². The molecule has 0 unspecified atom stereocenters. The Morgan fingerprint density at radius 3 is 2.55 bits per heavy atom. The van der Waals surface area contributed by atoms with E-state index in [9.17, 15) is 5.11 Å². The molecule has 0 radical (unpaired) electrons. The quantitative estimate of drug-likeness (QED) is 0.536. The lowest BCUT2D eigenvalue weighted by molar-refractivity contribution is 0.0328. The summed E-state index contributed by atoms with van der Waals surface area (Å²) < 4.78 is 0. The lowest BCUT2D eigenvalue weighted by atomic mass is 9.83. The SMILES string of the molecule is CC1(O)CCC(=CC#N)CC1. The van der Waals surface area contributed by atoms with Gasteiger partial charge in [0.25, 0.3) is 0 Å². The fourth-order valence-corrected chi connectivity index (χ4v) is 1.35. The highest BCUT2D eigenvalue weighted by atomic mass is 16.3. The highest BCUT2D eigenvalue weighted by Gasteiger charge is 2.24. The van der Waals surface area contributed by atoms with E-state index in [1.54, 1.807) is 6.08 Å². The maximum absolute atomic E-state index is 9.55. The summed E-state index contributed by atoms with van der Waals surface area (Å²) in [6, 6.07) is 2.02. The van der Waals surface area contributed by atoms with E-state index in [-0.39, 0.29) is 0 Å². The Balaban J connectivity index is 2.50. The van der Waals surface area contributed by atoms with Crippen molar-refractivity contribution in [1.82, 2.24) is 0 Å². The Bertz CT molecular complexity index is 198. The van der Waals surface area contributed by atoms with Gasteiger partial charge in [-0.2, -0.15) is 5.26 Å². The summed E-state index contributed by atoms with van der Waals surface area (Å²) in [5.41, 5.74) is 0.686. The second-order valence-electron chi connectivity index (χ2n) is 3.43. The maximum atomic E-state index is 9.55. The van der Waals surface area contributed by atoms with Crippen LogP contribution in [0.25, 0.3) is 0 Å². The van der Waals surface area contributed by atoms with Gasteiger partial charge in [-0.3, -0.25) is 0 Å². The average Bonchev–Trinajstić information content (AvgIpc) is 1.94. The van der Waals surface area contributed by atoms with E-state index in [4.69, 9.17) is 5.26 Å². The number of nitrogens with zero attached hydrogens (tertiary/aromatic N) is 1. The molecule has 0 aliphatic heterocycles. The molecule has 11 heavy (non-hydrogen) atoms. The van der Waals surface area contributed by atoms with Gasteiger partial charge in [0.05, 0.1) is 11.7 Å². The molecule has 1 saturated carbocycles. The van der Waals surface area contributed by atoms with Gasteiger partial charge in [-0.05, 0) is 32.6 Å². The number of rotatable bonds is 0. The Morgan fingerprint density at radius 2 is 2.09 bits per heavy atom. The van der Waals surface area contributed by atoms with Gasteiger partial charge in [-0.25, -0.2) is 0 Å². The first kappa shape index (κ1) is 8.29. The molecular formula is C9H13NO. The van der Waals surface area contributed by atoms with Crippen molar-refractivity contribution in [3.8, 4) is 6.07 Å². The zero-order valence-corrected chi connectivity index (χ0v) is 6.80. The van der Waals surface area contributed by atoms with Crippen LogP contribution in [-0.4, -0.2) is 10.7 Å². The lowest BCUT2D eigenvalue weighted by Gasteiger charge is -2.28. The van der Waals surface area contributed by atoms with E-state index in [1.165, 1.54) is 5.57 Å². The lowest BCUT2D eigenvalue weighted by Crippen LogP contribution is -2.27. The third-order valence-corrected chi connectivity index (χ3v) is 2.24. The van der Waals surface area contributed by atoms with E-state index >= 15 is 0 Å². The molecule has 1 rings (SSSR count). The Kier molecular flexibility index (Phi) is 2.31. The predicted octanol–water partition coefficient (Wildman–Crippen LogP) is 1.76. The highest BCUT2D eigenvalue weighted by Crippen LogP contribution is 2.30. The zero-order chi connectivity index (χ0) is 8.32. The number of hydrogen-bond donors (Lipinski definition) is 1. The van der Waals surface area contributed by atoms with Gasteiger partial charge in [0.15, 0.2) is 0 Å². The topological polar surface area (TPSA) is 44.0 Å². The Labute approximate surface area is 67.2 Å². The number of hydrogen-bond acceptors (Lipinski definition) is 2. The molecule has 2 nitrogen and oxygen atoms in total. The van der Waals surface area contributed by atoms with E-state index in [1.807, 2.05) is 13.0 Å². The van der Waals surface area contributed by atoms with Gasteiger partial charge < -0.3 is 5.11 Å². The van der Waals surface area contributed by atoms with Crippen molar-refractivity contribution in [3.05, 3.63) is 11.6 Å². The molecule has 0 bridgehead atoms. The van der Waals surface area contributed by atoms with Gasteiger partial charge in [-0.15, -0.1) is 0 Å². The van der Waals surface area contributed by atoms with Crippen molar-refractivity contribution in [1.29, 1.82) is 5.26 Å². The number of nitriles is 1. The van der Waals surface area contributed by atoms with Gasteiger partial charge in [-0.1, -0.05) is 5.57 Å². The van der Waals surface area contributed by atoms with Crippen molar-refractivity contribution >= 4 is 0 Å². The third kappa shape index (κ3) is 2.36. The molecule has 0 aromatic carbocycles. The molecular weight excluding hydrogens is 138 g/mol. The van der Waals surface area contributed by atoms with Crippen LogP contribution in [0.1, 0.15) is 32.6 Å². The van der Waals surface area contributed by atoms with Gasteiger partial charge >= 0.3 is 0 Å². The fourth-order valence-electron chi connectivity index (χ4n) is 1.35. The summed E-state index contributed by atoms with van der Waals surface area (Å²) in [6.07, 6.45) is 4.94. The van der Waals surface area contributed by atoms with Crippen LogP contribution in [0.3, 0.4) is 0 Å². The van der Waals surface area contributed by atoms with Crippen LogP contribution in [0.2, 0.25) is 0 Å². The molecule has 2 heteroatoms. The molecule has 1 aliphatic carbocycles. The smallest absolute Gasteiger partial charge is 0.0911 e. The monoisotopic (exact) mass is 151 g/mol. The predicted molar refractivity (Wildman–Crippen MR) is 42.8 cm³/mol. The molecule has 1 N–H and O–H groups in total. The fraction of sp³-hybridized carbons (Fsp3) is 0.667. The van der Waals surface area contributed by atoms with Crippen LogP contribution < -0.4 is 0 Å². The van der Waals surface area contributed by atoms with Gasteiger partial charge in [0.1, 0.15) is 0 Å². The van der Waals surface area contributed by atoms with Crippen molar-refractivity contribution in [2.45, 2.75) is 38.2 Å². The second kappa shape index (κ2) is 3.06. The van der Waals surface area contributed by atoms with E-state index in [2.05, 4.69) is 0 Å². The Hall–Kier alpha value is -0.810. The summed E-state index contributed by atoms with van der Waals surface area (Å²) in [5.74, 6) is 0. The van der Waals surface area contributed by atoms with Crippen molar-refractivity contribution in [3.63, 3.8) is 0 Å². The standard InChI is InChI=1S/C9H13NO/c1-9(11)5-2-8(3-6-9)4-7-10/h4,11H,2-3,5-6H2,1H3. The minimum Gasteiger partial charge on any atom is -0.390 e. The number of allylic oxidation sites excluding steroid dienone is 2. The van der Waals surface area contributed by atoms with Crippen LogP contribution in [-0.2, 0) is 0 Å². The summed E-state index contributed by atoms with van der Waals surface area (Å²) in [5, 5.41) is 17.9. The summed E-state index contributed by atoms with van der Waals surface area (Å²) in [6.45, 7) is 1.86. The van der Waals surface area contributed by atoms with Gasteiger partial charge in [0, 0.05) is 6.08 Å². The summed E-state index contributed by atoms with van der Waals surface area (Å²) >= 11 is 0. The minimum absolute atomic E-state index is 0.493. The van der Waals surface area contributed by atoms with E-state index < -0.39 is 5.60 Å². The third-order valence-electron chi connectivity index (χ3n) is 2.24. The molecule has 0 aromatic rings. The first-order valence-corrected chi connectivity index (χ1v) is 3.94. The molecule has 0 atom stereocenters. The average molecular weight is 151 g/mol. The first-order chi connectivity index (χ1) is 5.14. The van der Waals surface area contributed by atoms with E-state index in [0.717, 1.165) is 25.7 Å². The van der Waals surface area contributed by atoms with Crippen molar-refractivity contribution < 1.29 is 5.11 Å². The first-order valence-electron chi connectivity index (χ1n) is 3.94. The summed E-state index contributed by atoms with van der Waals surface area (Å²) in [4.78, 5) is 0. The molecule has 1 aliphatic rings. The van der Waals surface area contributed by atoms with Crippen LogP contribution in [0.4, 0.5) is 0 Å². The summed E-state index contributed by atoms with van der Waals surface area (Å²) in [7, 11) is 0. The molecule has 0 aromatic heterocycles. The number of aliphatic hydroxyl groups is 1. The van der Waals surface area contributed by atoms with Crippen LogP contribution in [0.15, 0.2) is 11.6 Å². The normalized spacial score (nSPS) is 31.2. The van der Waals surface area contributed by atoms with Gasteiger partial charge in [0.2, 0.25) is 0 Å². The maximum Gasteiger partial charge on any atom is 0.0911 e. The highest BCUT2D eigenvalue weighted by molar-refractivity contribution is 5.16. The molecule has 0 saturated heterocycles. The molecule has 0 heterocycles. The molecule has 1 fully saturated rings. The minimum atomic E-state index is -0.493. The van der Waals surface area contributed by atoms with E-state index in [0.29, 0.717) is 0 Å². The second-order valence-corrected chi connectivity index (χ2v) is 3.43. The van der Waals surface area contributed by atoms with Crippen LogP contribution in [0, 0.1) is 11.3 Å². The van der Waals surface area contributed by atoms with Crippen LogP contribution >= 0.6 is 0 Å². The van der Waals surface area contributed by atoms with Crippen molar-refractivity contribution in [2.75, 3.05) is 0 Å². The molecule has 0 amide bonds. The molecule has 0 spiro atoms. The largest absolute Gasteiger partial charge is 0.390 e. The van der Waals surface area contributed by atoms with Crippen molar-refractivity contribution in [2.24, 2.45) is 0 Å². The molecule has 60 valence electrons. The zero-order valence-electron chi connectivity index (χ0n) is 6.80. The Morgan fingerprint density at radius 1 is 1.55 bits per heavy atom.